The number of pyridine rings is 1. The lowest BCUT2D eigenvalue weighted by molar-refractivity contribution is -0.135. The molecule has 2 unspecified atom stereocenters. The molecular formula is C26H30ClN5O3. The molecule has 4 rings (SSSR count). The van der Waals surface area contributed by atoms with E-state index in [1.54, 1.807) is 31.1 Å². The van der Waals surface area contributed by atoms with E-state index < -0.39 is 0 Å². The number of nitriles is 1. The zero-order valence-electron chi connectivity index (χ0n) is 20.1. The number of piperidine rings is 1. The lowest BCUT2D eigenvalue weighted by Crippen LogP contribution is -2.44. The molecule has 1 aromatic heterocycles. The summed E-state index contributed by atoms with van der Waals surface area (Å²) in [7, 11) is 1.74. The number of ether oxygens (including phenoxy) is 1. The van der Waals surface area contributed by atoms with Gasteiger partial charge in [-0.1, -0.05) is 23.7 Å². The minimum Gasteiger partial charge on any atom is -0.450 e. The number of nitrogens with zero attached hydrogens (tertiary/aromatic N) is 5. The van der Waals surface area contributed by atoms with Gasteiger partial charge < -0.3 is 19.4 Å². The van der Waals surface area contributed by atoms with E-state index in [2.05, 4.69) is 16.0 Å². The Morgan fingerprint density at radius 1 is 1.17 bits per heavy atom. The average Bonchev–Trinajstić information content (AvgIpc) is 3.34. The van der Waals surface area contributed by atoms with E-state index in [1.807, 2.05) is 35.2 Å². The van der Waals surface area contributed by atoms with Crippen molar-refractivity contribution in [1.82, 2.24) is 14.8 Å². The van der Waals surface area contributed by atoms with Crippen LogP contribution in [0.1, 0.15) is 36.8 Å². The van der Waals surface area contributed by atoms with Crippen LogP contribution in [0.15, 0.2) is 42.6 Å². The van der Waals surface area contributed by atoms with E-state index in [-0.39, 0.29) is 29.9 Å². The van der Waals surface area contributed by atoms with Crippen molar-refractivity contribution in [3.63, 3.8) is 0 Å². The Morgan fingerprint density at radius 3 is 2.49 bits per heavy atom. The molecule has 2 aliphatic rings. The van der Waals surface area contributed by atoms with Crippen LogP contribution in [0.25, 0.3) is 0 Å². The standard InChI is InChI=1S/C26H30ClN5O3/c1-3-35-26(34)30(2)23-17-32(16-22(23)19-5-7-21(27)8-6-19)25(33)20-10-12-31(13-11-20)24-9-4-18(14-28)15-29-24/h4-9,15,20,22-23H,3,10-13,16-17H2,1-2H3. The third-order valence-electron chi connectivity index (χ3n) is 7.00. The Balaban J connectivity index is 1.44. The molecule has 1 aromatic carbocycles. The highest BCUT2D eigenvalue weighted by Crippen LogP contribution is 2.34. The summed E-state index contributed by atoms with van der Waals surface area (Å²) in [5.74, 6) is 0.877. The largest absolute Gasteiger partial charge is 0.450 e. The van der Waals surface area contributed by atoms with Gasteiger partial charge in [0.15, 0.2) is 0 Å². The van der Waals surface area contributed by atoms with Crippen molar-refractivity contribution >= 4 is 29.4 Å². The van der Waals surface area contributed by atoms with Gasteiger partial charge in [-0.05, 0) is 49.6 Å². The zero-order chi connectivity index (χ0) is 24.9. The second kappa shape index (κ2) is 11.0. The first kappa shape index (κ1) is 24.8. The lowest BCUT2D eigenvalue weighted by atomic mass is 9.93. The Bertz CT molecular complexity index is 1080. The molecule has 0 N–H and O–H groups in total. The van der Waals surface area contributed by atoms with E-state index >= 15 is 0 Å². The Kier molecular flexibility index (Phi) is 7.76. The third kappa shape index (κ3) is 5.51. The Hall–Kier alpha value is -3.31. The normalized spacial score (nSPS) is 20.4. The van der Waals surface area contributed by atoms with Gasteiger partial charge in [0, 0.05) is 56.3 Å². The summed E-state index contributed by atoms with van der Waals surface area (Å²) >= 11 is 6.09. The Morgan fingerprint density at radius 2 is 1.89 bits per heavy atom. The first-order valence-corrected chi connectivity index (χ1v) is 12.3. The minimum absolute atomic E-state index is 0.0199. The average molecular weight is 496 g/mol. The summed E-state index contributed by atoms with van der Waals surface area (Å²) < 4.78 is 5.23. The summed E-state index contributed by atoms with van der Waals surface area (Å²) in [6.45, 7) is 4.57. The molecule has 2 saturated heterocycles. The van der Waals surface area contributed by atoms with Crippen LogP contribution < -0.4 is 4.90 Å². The van der Waals surface area contributed by atoms with Crippen LogP contribution in [0, 0.1) is 17.2 Å². The first-order chi connectivity index (χ1) is 16.9. The number of carbonyl (C=O) groups is 2. The fourth-order valence-corrected chi connectivity index (χ4v) is 5.14. The van der Waals surface area contributed by atoms with Crippen LogP contribution in [0.2, 0.25) is 5.02 Å². The van der Waals surface area contributed by atoms with E-state index in [0.717, 1.165) is 37.3 Å². The van der Waals surface area contributed by atoms with Gasteiger partial charge in [0.25, 0.3) is 0 Å². The minimum atomic E-state index is -0.381. The quantitative estimate of drug-likeness (QED) is 0.624. The molecule has 2 atom stereocenters. The second-order valence-corrected chi connectivity index (χ2v) is 9.49. The number of likely N-dealkylation sites (N-methyl/N-ethyl adjacent to an activating group) is 1. The van der Waals surface area contributed by atoms with Gasteiger partial charge in [-0.25, -0.2) is 9.78 Å². The molecule has 9 heteroatoms. The first-order valence-electron chi connectivity index (χ1n) is 12.0. The summed E-state index contributed by atoms with van der Waals surface area (Å²) in [6.07, 6.45) is 2.67. The van der Waals surface area contributed by atoms with E-state index in [0.29, 0.717) is 30.3 Å². The fourth-order valence-electron chi connectivity index (χ4n) is 5.01. The molecule has 184 valence electrons. The molecule has 2 fully saturated rings. The van der Waals surface area contributed by atoms with Crippen molar-refractivity contribution in [2.24, 2.45) is 5.92 Å². The SMILES string of the molecule is CCOC(=O)N(C)C1CN(C(=O)C2CCN(c3ccc(C#N)cn3)CC2)CC1c1ccc(Cl)cc1. The molecule has 2 amide bonds. The highest BCUT2D eigenvalue weighted by atomic mass is 35.5. The maximum absolute atomic E-state index is 13.5. The number of rotatable bonds is 5. The molecular weight excluding hydrogens is 466 g/mol. The number of amides is 2. The molecule has 0 bridgehead atoms. The zero-order valence-corrected chi connectivity index (χ0v) is 20.8. The van der Waals surface area contributed by atoms with E-state index in [4.69, 9.17) is 21.6 Å². The van der Waals surface area contributed by atoms with Gasteiger partial charge in [-0.15, -0.1) is 0 Å². The monoisotopic (exact) mass is 495 g/mol. The lowest BCUT2D eigenvalue weighted by Gasteiger charge is -2.34. The molecule has 35 heavy (non-hydrogen) atoms. The number of halogens is 1. The van der Waals surface area contributed by atoms with Crippen molar-refractivity contribution in [3.05, 3.63) is 58.7 Å². The molecule has 8 nitrogen and oxygen atoms in total. The second-order valence-electron chi connectivity index (χ2n) is 9.06. The maximum Gasteiger partial charge on any atom is 0.409 e. The molecule has 0 spiro atoms. The summed E-state index contributed by atoms with van der Waals surface area (Å²) in [4.78, 5) is 36.1. The smallest absolute Gasteiger partial charge is 0.409 e. The summed E-state index contributed by atoms with van der Waals surface area (Å²) in [6, 6.07) is 13.1. The number of carbonyl (C=O) groups excluding carboxylic acids is 2. The van der Waals surface area contributed by atoms with Crippen LogP contribution >= 0.6 is 11.6 Å². The van der Waals surface area contributed by atoms with Gasteiger partial charge >= 0.3 is 6.09 Å². The number of aromatic nitrogens is 1. The molecule has 3 heterocycles. The van der Waals surface area contributed by atoms with Gasteiger partial charge in [0.1, 0.15) is 11.9 Å². The number of benzene rings is 1. The molecule has 2 aliphatic heterocycles. The predicted molar refractivity (Wildman–Crippen MR) is 133 cm³/mol. The van der Waals surface area contributed by atoms with Crippen LogP contribution in [-0.4, -0.2) is 72.7 Å². The van der Waals surface area contributed by atoms with Crippen molar-refractivity contribution in [1.29, 1.82) is 5.26 Å². The van der Waals surface area contributed by atoms with E-state index in [9.17, 15) is 9.59 Å². The molecule has 2 aromatic rings. The molecule has 0 radical (unpaired) electrons. The van der Waals surface area contributed by atoms with Crippen LogP contribution in [0.4, 0.5) is 10.6 Å². The van der Waals surface area contributed by atoms with Crippen LogP contribution in [-0.2, 0) is 9.53 Å². The van der Waals surface area contributed by atoms with Crippen LogP contribution in [0.3, 0.4) is 0 Å². The highest BCUT2D eigenvalue weighted by molar-refractivity contribution is 6.30. The summed E-state index contributed by atoms with van der Waals surface area (Å²) in [5.41, 5.74) is 1.58. The van der Waals surface area contributed by atoms with E-state index in [1.165, 1.54) is 0 Å². The van der Waals surface area contributed by atoms with Crippen molar-refractivity contribution in [2.75, 3.05) is 44.7 Å². The topological polar surface area (TPSA) is 89.8 Å². The number of anilines is 1. The maximum atomic E-state index is 13.5. The van der Waals surface area contributed by atoms with Crippen molar-refractivity contribution in [3.8, 4) is 6.07 Å². The number of likely N-dealkylation sites (tertiary alicyclic amines) is 1. The number of hydrogen-bond acceptors (Lipinski definition) is 6. The third-order valence-corrected chi connectivity index (χ3v) is 7.25. The predicted octanol–water partition coefficient (Wildman–Crippen LogP) is 3.91. The van der Waals surface area contributed by atoms with Crippen molar-refractivity contribution < 1.29 is 14.3 Å². The van der Waals surface area contributed by atoms with Gasteiger partial charge in [-0.3, -0.25) is 4.79 Å². The highest BCUT2D eigenvalue weighted by Gasteiger charge is 2.42. The summed E-state index contributed by atoms with van der Waals surface area (Å²) in [5, 5.41) is 9.62. The molecule has 0 saturated carbocycles. The van der Waals surface area contributed by atoms with Gasteiger partial charge in [0.05, 0.1) is 18.2 Å². The van der Waals surface area contributed by atoms with Crippen molar-refractivity contribution in [2.45, 2.75) is 31.7 Å². The molecule has 0 aliphatic carbocycles. The van der Waals surface area contributed by atoms with Crippen LogP contribution in [0.5, 0.6) is 0 Å². The Labute approximate surface area is 211 Å². The van der Waals surface area contributed by atoms with Gasteiger partial charge in [0.2, 0.25) is 5.91 Å². The number of hydrogen-bond donors (Lipinski definition) is 0. The van der Waals surface area contributed by atoms with Gasteiger partial charge in [-0.2, -0.15) is 5.26 Å². The fraction of sp³-hybridized carbons (Fsp3) is 0.462.